The van der Waals surface area contributed by atoms with E-state index in [4.69, 9.17) is 9.84 Å². The van der Waals surface area contributed by atoms with Crippen LogP contribution in [0.5, 0.6) is 11.5 Å². The lowest BCUT2D eigenvalue weighted by molar-refractivity contribution is -0.385. The van der Waals surface area contributed by atoms with Gasteiger partial charge in [0.25, 0.3) is 5.69 Å². The Labute approximate surface area is 79.5 Å². The molecule has 6 nitrogen and oxygen atoms in total. The van der Waals surface area contributed by atoms with Gasteiger partial charge in [-0.2, -0.15) is 0 Å². The number of aromatic hydroxyl groups is 1. The number of hydrogen-bond acceptors (Lipinski definition) is 5. The average molecular weight is 199 g/mol. The van der Waals surface area contributed by atoms with Crippen molar-refractivity contribution in [2.45, 2.75) is 13.2 Å². The highest BCUT2D eigenvalue weighted by molar-refractivity contribution is 5.47. The molecule has 0 fully saturated rings. The number of non-ortho nitro benzene ring substituents is 1. The molecule has 2 N–H and O–H groups in total. The fourth-order valence-corrected chi connectivity index (χ4v) is 0.903. The Bertz CT molecular complexity index is 350. The predicted molar refractivity (Wildman–Crippen MR) is 47.1 cm³/mol. The van der Waals surface area contributed by atoms with Crippen LogP contribution in [0.3, 0.4) is 0 Å². The molecule has 0 heterocycles. The number of nitro groups is 1. The van der Waals surface area contributed by atoms with Crippen LogP contribution in [0.25, 0.3) is 0 Å². The minimum atomic E-state index is -1.08. The molecule has 0 spiro atoms. The Morgan fingerprint density at radius 2 is 2.21 bits per heavy atom. The van der Waals surface area contributed by atoms with Crippen LogP contribution in [0.4, 0.5) is 5.69 Å². The van der Waals surface area contributed by atoms with Crippen molar-refractivity contribution in [3.63, 3.8) is 0 Å². The molecule has 76 valence electrons. The molecule has 1 atom stereocenters. The number of aliphatic hydroxyl groups excluding tert-OH is 1. The minimum Gasteiger partial charge on any atom is -0.504 e. The monoisotopic (exact) mass is 199 g/mol. The first-order chi connectivity index (χ1) is 6.50. The summed E-state index contributed by atoms with van der Waals surface area (Å²) in [6.07, 6.45) is -1.08. The van der Waals surface area contributed by atoms with Gasteiger partial charge in [-0.25, -0.2) is 0 Å². The maximum Gasteiger partial charge on any atom is 0.273 e. The number of rotatable bonds is 3. The quantitative estimate of drug-likeness (QED) is 0.430. The van der Waals surface area contributed by atoms with Gasteiger partial charge >= 0.3 is 0 Å². The topological polar surface area (TPSA) is 92.8 Å². The molecular formula is C8H9NO5. The molecule has 0 saturated carbocycles. The Kier molecular flexibility index (Phi) is 2.88. The molecule has 1 unspecified atom stereocenters. The van der Waals surface area contributed by atoms with Crippen molar-refractivity contribution in [3.8, 4) is 11.5 Å². The molecule has 6 heteroatoms. The molecule has 0 aromatic heterocycles. The Morgan fingerprint density at radius 1 is 1.57 bits per heavy atom. The Hall–Kier alpha value is -1.82. The van der Waals surface area contributed by atoms with Gasteiger partial charge in [0.05, 0.1) is 11.0 Å². The summed E-state index contributed by atoms with van der Waals surface area (Å²) in [5, 5.41) is 28.4. The summed E-state index contributed by atoms with van der Waals surface area (Å²) in [5.41, 5.74) is -0.236. The molecule has 1 aromatic rings. The second-order valence-corrected chi connectivity index (χ2v) is 2.63. The maximum atomic E-state index is 10.3. The zero-order valence-corrected chi connectivity index (χ0v) is 7.38. The molecular weight excluding hydrogens is 190 g/mol. The normalized spacial score (nSPS) is 12.1. The largest absolute Gasteiger partial charge is 0.504 e. The third kappa shape index (κ3) is 2.33. The number of hydrogen-bond donors (Lipinski definition) is 2. The van der Waals surface area contributed by atoms with Crippen molar-refractivity contribution in [3.05, 3.63) is 28.3 Å². The van der Waals surface area contributed by atoms with Crippen LogP contribution in [0.2, 0.25) is 0 Å². The SMILES string of the molecule is CC(O)Oc1ccc([N+](=O)[O-])cc1O. The average Bonchev–Trinajstić information content (AvgIpc) is 2.07. The molecule has 1 rings (SSSR count). The second-order valence-electron chi connectivity index (χ2n) is 2.63. The minimum absolute atomic E-state index is 0.00519. The number of aliphatic hydroxyl groups is 1. The molecule has 0 aliphatic carbocycles. The van der Waals surface area contributed by atoms with Crippen LogP contribution in [0.1, 0.15) is 6.92 Å². The smallest absolute Gasteiger partial charge is 0.273 e. The molecule has 0 aliphatic heterocycles. The highest BCUT2D eigenvalue weighted by Gasteiger charge is 2.11. The van der Waals surface area contributed by atoms with Crippen molar-refractivity contribution < 1.29 is 19.9 Å². The molecule has 0 amide bonds. The van der Waals surface area contributed by atoms with Gasteiger partial charge in [0, 0.05) is 6.07 Å². The van der Waals surface area contributed by atoms with Gasteiger partial charge in [0.1, 0.15) is 0 Å². The van der Waals surface area contributed by atoms with Crippen molar-refractivity contribution in [2.75, 3.05) is 0 Å². The van der Waals surface area contributed by atoms with Crippen molar-refractivity contribution in [1.82, 2.24) is 0 Å². The van der Waals surface area contributed by atoms with Crippen LogP contribution < -0.4 is 4.74 Å². The van der Waals surface area contributed by atoms with Crippen LogP contribution in [0, 0.1) is 10.1 Å². The lowest BCUT2D eigenvalue weighted by Crippen LogP contribution is -2.09. The van der Waals surface area contributed by atoms with Gasteiger partial charge in [-0.15, -0.1) is 0 Å². The highest BCUT2D eigenvalue weighted by Crippen LogP contribution is 2.30. The van der Waals surface area contributed by atoms with E-state index in [1.54, 1.807) is 0 Å². The summed E-state index contributed by atoms with van der Waals surface area (Å²) in [5.74, 6) is -0.370. The first-order valence-electron chi connectivity index (χ1n) is 3.83. The highest BCUT2D eigenvalue weighted by atomic mass is 16.6. The fourth-order valence-electron chi connectivity index (χ4n) is 0.903. The third-order valence-corrected chi connectivity index (χ3v) is 1.45. The van der Waals surface area contributed by atoms with Crippen molar-refractivity contribution in [2.24, 2.45) is 0 Å². The fraction of sp³-hybridized carbons (Fsp3) is 0.250. The van der Waals surface area contributed by atoms with E-state index in [1.165, 1.54) is 19.1 Å². The molecule has 0 saturated heterocycles. The zero-order chi connectivity index (χ0) is 10.7. The van der Waals surface area contributed by atoms with Crippen molar-refractivity contribution >= 4 is 5.69 Å². The zero-order valence-electron chi connectivity index (χ0n) is 7.38. The lowest BCUT2D eigenvalue weighted by Gasteiger charge is -2.09. The number of nitro benzene ring substituents is 1. The van der Waals surface area contributed by atoms with Gasteiger partial charge in [0.2, 0.25) is 0 Å². The molecule has 0 aliphatic rings. The van der Waals surface area contributed by atoms with E-state index in [0.29, 0.717) is 0 Å². The summed E-state index contributed by atoms with van der Waals surface area (Å²) in [6.45, 7) is 1.36. The standard InChI is InChI=1S/C8H9NO5/c1-5(10)14-8-3-2-6(9(12)13)4-7(8)11/h2-5,10-11H,1H3. The molecule has 0 bridgehead atoms. The van der Waals surface area contributed by atoms with E-state index in [-0.39, 0.29) is 17.2 Å². The summed E-state index contributed by atoms with van der Waals surface area (Å²) in [6, 6.07) is 3.36. The summed E-state index contributed by atoms with van der Waals surface area (Å²) in [4.78, 5) is 9.66. The van der Waals surface area contributed by atoms with E-state index < -0.39 is 11.2 Å². The molecule has 14 heavy (non-hydrogen) atoms. The molecule has 0 radical (unpaired) electrons. The van der Waals surface area contributed by atoms with E-state index in [2.05, 4.69) is 0 Å². The first-order valence-corrected chi connectivity index (χ1v) is 3.83. The Balaban J connectivity index is 2.95. The lowest BCUT2D eigenvalue weighted by atomic mass is 10.3. The number of phenolic OH excluding ortho intramolecular Hbond substituents is 1. The Morgan fingerprint density at radius 3 is 2.64 bits per heavy atom. The van der Waals surface area contributed by atoms with E-state index >= 15 is 0 Å². The predicted octanol–water partition coefficient (Wildman–Crippen LogP) is 1.02. The van der Waals surface area contributed by atoms with Crippen LogP contribution >= 0.6 is 0 Å². The van der Waals surface area contributed by atoms with Gasteiger partial charge in [0.15, 0.2) is 17.8 Å². The number of nitrogens with zero attached hydrogens (tertiary/aromatic N) is 1. The summed E-state index contributed by atoms with van der Waals surface area (Å²) in [7, 11) is 0. The number of benzene rings is 1. The number of ether oxygens (including phenoxy) is 1. The van der Waals surface area contributed by atoms with Crippen LogP contribution in [-0.2, 0) is 0 Å². The molecule has 1 aromatic carbocycles. The van der Waals surface area contributed by atoms with Gasteiger partial charge in [-0.1, -0.05) is 0 Å². The number of phenols is 1. The van der Waals surface area contributed by atoms with Crippen LogP contribution in [0.15, 0.2) is 18.2 Å². The third-order valence-electron chi connectivity index (χ3n) is 1.45. The van der Waals surface area contributed by atoms with Gasteiger partial charge in [-0.05, 0) is 13.0 Å². The summed E-state index contributed by atoms with van der Waals surface area (Å²) < 4.78 is 4.76. The van der Waals surface area contributed by atoms with E-state index in [0.717, 1.165) is 6.07 Å². The van der Waals surface area contributed by atoms with E-state index in [9.17, 15) is 15.2 Å². The summed E-state index contributed by atoms with van der Waals surface area (Å²) >= 11 is 0. The second kappa shape index (κ2) is 3.93. The maximum absolute atomic E-state index is 10.3. The van der Waals surface area contributed by atoms with Gasteiger partial charge < -0.3 is 14.9 Å². The van der Waals surface area contributed by atoms with Gasteiger partial charge in [-0.3, -0.25) is 10.1 Å². The van der Waals surface area contributed by atoms with Crippen molar-refractivity contribution in [1.29, 1.82) is 0 Å². The van der Waals surface area contributed by atoms with Crippen LogP contribution in [-0.4, -0.2) is 21.4 Å². The van der Waals surface area contributed by atoms with E-state index in [1.807, 2.05) is 0 Å². The first kappa shape index (κ1) is 10.3.